The van der Waals surface area contributed by atoms with Gasteiger partial charge in [0.1, 0.15) is 0 Å². The van der Waals surface area contributed by atoms with Crippen molar-refractivity contribution < 1.29 is 14.2 Å². The Morgan fingerprint density at radius 3 is 2.50 bits per heavy atom. The van der Waals surface area contributed by atoms with Gasteiger partial charge in [0.05, 0.1) is 26.3 Å². The van der Waals surface area contributed by atoms with Gasteiger partial charge in [-0.15, -0.1) is 11.3 Å². The van der Waals surface area contributed by atoms with Gasteiger partial charge in [0.25, 0.3) is 0 Å². The van der Waals surface area contributed by atoms with Crippen molar-refractivity contribution in [3.8, 4) is 17.2 Å². The third kappa shape index (κ3) is 3.65. The summed E-state index contributed by atoms with van der Waals surface area (Å²) < 4.78 is 16.3. The highest BCUT2D eigenvalue weighted by molar-refractivity contribution is 7.09. The summed E-state index contributed by atoms with van der Waals surface area (Å²) in [5.41, 5.74) is 1.17. The molecule has 1 unspecified atom stereocenters. The molecule has 1 aliphatic heterocycles. The number of benzene rings is 1. The number of aromatic nitrogens is 1. The van der Waals surface area contributed by atoms with Gasteiger partial charge >= 0.3 is 0 Å². The number of ether oxygens (including phenoxy) is 3. The fourth-order valence-electron chi connectivity index (χ4n) is 3.32. The molecule has 0 bridgehead atoms. The Labute approximate surface area is 147 Å². The average Bonchev–Trinajstić information content (AvgIpc) is 3.15. The van der Waals surface area contributed by atoms with E-state index in [1.54, 1.807) is 32.7 Å². The summed E-state index contributed by atoms with van der Waals surface area (Å²) in [6.45, 7) is 3.03. The number of piperidine rings is 1. The van der Waals surface area contributed by atoms with Gasteiger partial charge in [-0.1, -0.05) is 0 Å². The molecule has 1 fully saturated rings. The Balaban J connectivity index is 1.75. The fraction of sp³-hybridized carbons (Fsp3) is 0.500. The van der Waals surface area contributed by atoms with Crippen LogP contribution in [-0.4, -0.2) is 44.3 Å². The zero-order valence-corrected chi connectivity index (χ0v) is 15.3. The van der Waals surface area contributed by atoms with E-state index in [4.69, 9.17) is 14.2 Å². The van der Waals surface area contributed by atoms with E-state index in [0.29, 0.717) is 23.2 Å². The maximum absolute atomic E-state index is 5.46. The first-order chi connectivity index (χ1) is 11.7. The molecular formula is C18H24N2O3S. The normalized spacial score (nSPS) is 18.4. The summed E-state index contributed by atoms with van der Waals surface area (Å²) in [5, 5.41) is 3.32. The predicted molar refractivity (Wildman–Crippen MR) is 95.5 cm³/mol. The molecular weight excluding hydrogens is 324 g/mol. The molecule has 0 saturated carbocycles. The van der Waals surface area contributed by atoms with Gasteiger partial charge in [-0.25, -0.2) is 4.98 Å². The molecule has 0 spiro atoms. The van der Waals surface area contributed by atoms with Crippen molar-refractivity contribution in [3.63, 3.8) is 0 Å². The van der Waals surface area contributed by atoms with E-state index in [1.165, 1.54) is 23.4 Å². The number of nitrogens with zero attached hydrogens (tertiary/aromatic N) is 2. The minimum absolute atomic E-state index is 0.542. The highest BCUT2D eigenvalue weighted by atomic mass is 32.1. The lowest BCUT2D eigenvalue weighted by atomic mass is 9.98. The van der Waals surface area contributed by atoms with Crippen LogP contribution < -0.4 is 14.2 Å². The van der Waals surface area contributed by atoms with Gasteiger partial charge in [-0.2, -0.15) is 0 Å². The second-order valence-electron chi connectivity index (χ2n) is 5.98. The first kappa shape index (κ1) is 17.0. The molecule has 1 saturated heterocycles. The van der Waals surface area contributed by atoms with Crippen LogP contribution in [0.5, 0.6) is 17.2 Å². The van der Waals surface area contributed by atoms with Crippen molar-refractivity contribution in [2.75, 3.05) is 34.4 Å². The van der Waals surface area contributed by atoms with Crippen LogP contribution in [-0.2, 0) is 6.54 Å². The Hall–Kier alpha value is -1.79. The predicted octanol–water partition coefficient (Wildman–Crippen LogP) is 3.55. The van der Waals surface area contributed by atoms with Gasteiger partial charge in [-0.3, -0.25) is 4.90 Å². The molecule has 3 rings (SSSR count). The van der Waals surface area contributed by atoms with Crippen LogP contribution in [0.4, 0.5) is 0 Å². The second-order valence-corrected chi connectivity index (χ2v) is 6.90. The van der Waals surface area contributed by atoms with Gasteiger partial charge < -0.3 is 14.2 Å². The van der Waals surface area contributed by atoms with E-state index < -0.39 is 0 Å². The summed E-state index contributed by atoms with van der Waals surface area (Å²) in [6.07, 6.45) is 4.33. The van der Waals surface area contributed by atoms with Gasteiger partial charge in [0.2, 0.25) is 5.75 Å². The molecule has 1 aliphatic rings. The topological polar surface area (TPSA) is 43.8 Å². The lowest BCUT2D eigenvalue weighted by Gasteiger charge is -2.32. The zero-order chi connectivity index (χ0) is 16.9. The fourth-order valence-corrected chi connectivity index (χ4v) is 4.09. The van der Waals surface area contributed by atoms with Crippen LogP contribution >= 0.6 is 11.3 Å². The monoisotopic (exact) mass is 348 g/mol. The quantitative estimate of drug-likeness (QED) is 0.799. The molecule has 1 atom stereocenters. The number of hydrogen-bond donors (Lipinski definition) is 0. The first-order valence-electron chi connectivity index (χ1n) is 8.15. The minimum Gasteiger partial charge on any atom is -0.493 e. The van der Waals surface area contributed by atoms with Crippen LogP contribution in [0.1, 0.15) is 29.3 Å². The molecule has 24 heavy (non-hydrogen) atoms. The van der Waals surface area contributed by atoms with Crippen molar-refractivity contribution in [1.29, 1.82) is 0 Å². The summed E-state index contributed by atoms with van der Waals surface area (Å²) in [6, 6.07) is 4.07. The molecule has 0 amide bonds. The van der Waals surface area contributed by atoms with Crippen molar-refractivity contribution in [2.24, 2.45) is 0 Å². The van der Waals surface area contributed by atoms with Crippen LogP contribution in [0.2, 0.25) is 0 Å². The molecule has 6 heteroatoms. The highest BCUT2D eigenvalue weighted by Gasteiger charge is 2.24. The number of rotatable bonds is 6. The molecule has 2 heterocycles. The van der Waals surface area contributed by atoms with Crippen LogP contribution in [0.3, 0.4) is 0 Å². The number of hydrogen-bond acceptors (Lipinski definition) is 6. The molecule has 130 valence electrons. The number of likely N-dealkylation sites (tertiary alicyclic amines) is 1. The van der Waals surface area contributed by atoms with E-state index in [2.05, 4.69) is 15.3 Å². The number of methoxy groups -OCH3 is 3. The largest absolute Gasteiger partial charge is 0.493 e. The molecule has 2 aromatic rings. The van der Waals surface area contributed by atoms with Crippen molar-refractivity contribution in [3.05, 3.63) is 34.3 Å². The molecule has 1 aromatic carbocycles. The van der Waals surface area contributed by atoms with Crippen LogP contribution in [0.15, 0.2) is 23.7 Å². The summed E-state index contributed by atoms with van der Waals surface area (Å²) in [7, 11) is 4.93. The van der Waals surface area contributed by atoms with E-state index in [-0.39, 0.29) is 0 Å². The van der Waals surface area contributed by atoms with Gasteiger partial charge in [-0.05, 0) is 37.1 Å². The van der Waals surface area contributed by atoms with Crippen molar-refractivity contribution in [1.82, 2.24) is 9.88 Å². The lowest BCUT2D eigenvalue weighted by Crippen LogP contribution is -2.33. The van der Waals surface area contributed by atoms with Crippen LogP contribution in [0.25, 0.3) is 0 Å². The minimum atomic E-state index is 0.542. The molecule has 5 nitrogen and oxygen atoms in total. The molecule has 0 aliphatic carbocycles. The summed E-state index contributed by atoms with van der Waals surface area (Å²) in [5.74, 6) is 2.60. The third-order valence-corrected chi connectivity index (χ3v) is 5.37. The van der Waals surface area contributed by atoms with Gasteiger partial charge in [0, 0.05) is 30.6 Å². The molecule has 0 N–H and O–H groups in total. The van der Waals surface area contributed by atoms with E-state index >= 15 is 0 Å². The van der Waals surface area contributed by atoms with Gasteiger partial charge in [0.15, 0.2) is 11.5 Å². The summed E-state index contributed by atoms with van der Waals surface area (Å²) in [4.78, 5) is 6.98. The van der Waals surface area contributed by atoms with Crippen molar-refractivity contribution >= 4 is 11.3 Å². The van der Waals surface area contributed by atoms with E-state index in [9.17, 15) is 0 Å². The standard InChI is InChI=1S/C18H24N2O3S/c1-21-15-9-13(10-16(22-2)17(15)23-3)11-20-7-4-5-14(12-20)18-19-6-8-24-18/h6,8-10,14H,4-5,7,11-12H2,1-3H3. The lowest BCUT2D eigenvalue weighted by molar-refractivity contribution is 0.199. The Bertz CT molecular complexity index is 635. The van der Waals surface area contributed by atoms with E-state index in [0.717, 1.165) is 19.6 Å². The first-order valence-corrected chi connectivity index (χ1v) is 9.03. The highest BCUT2D eigenvalue weighted by Crippen LogP contribution is 2.39. The van der Waals surface area contributed by atoms with Crippen LogP contribution in [0, 0.1) is 0 Å². The Kier molecular flexibility index (Phi) is 5.58. The third-order valence-electron chi connectivity index (χ3n) is 4.44. The molecule has 1 aromatic heterocycles. The Morgan fingerprint density at radius 2 is 1.92 bits per heavy atom. The van der Waals surface area contributed by atoms with E-state index in [1.807, 2.05) is 18.3 Å². The average molecular weight is 348 g/mol. The second kappa shape index (κ2) is 7.85. The summed E-state index contributed by atoms with van der Waals surface area (Å²) >= 11 is 1.76. The number of thiazole rings is 1. The SMILES string of the molecule is COc1cc(CN2CCCC(c3nccs3)C2)cc(OC)c1OC. The maximum Gasteiger partial charge on any atom is 0.203 e. The Morgan fingerprint density at radius 1 is 1.17 bits per heavy atom. The maximum atomic E-state index is 5.46. The molecule has 0 radical (unpaired) electrons. The zero-order valence-electron chi connectivity index (χ0n) is 14.4. The van der Waals surface area contributed by atoms with Crippen molar-refractivity contribution in [2.45, 2.75) is 25.3 Å². The smallest absolute Gasteiger partial charge is 0.203 e.